The number of sulfone groups is 1. The van der Waals surface area contributed by atoms with E-state index in [-0.39, 0.29) is 24.0 Å². The van der Waals surface area contributed by atoms with Crippen LogP contribution in [0.25, 0.3) is 0 Å². The van der Waals surface area contributed by atoms with Gasteiger partial charge in [0.1, 0.15) is 0 Å². The van der Waals surface area contributed by atoms with E-state index < -0.39 is 9.84 Å². The Kier molecular flexibility index (Phi) is 4.09. The summed E-state index contributed by atoms with van der Waals surface area (Å²) in [5.74, 6) is 0.141. The van der Waals surface area contributed by atoms with E-state index in [9.17, 15) is 13.2 Å². The predicted octanol–water partition coefficient (Wildman–Crippen LogP) is 0.989. The van der Waals surface area contributed by atoms with Crippen LogP contribution in [0.15, 0.2) is 24.3 Å². The number of anilines is 1. The molecular weight excluding hydrogens is 264 g/mol. The SMILES string of the molecule is CNc1ccc(C(=O)N2CCCS(=O)(=O)CC2)cc1. The molecule has 1 N–H and O–H groups in total. The molecule has 1 aromatic rings. The highest BCUT2D eigenvalue weighted by molar-refractivity contribution is 7.91. The fraction of sp³-hybridized carbons (Fsp3) is 0.462. The fourth-order valence-corrected chi connectivity index (χ4v) is 3.38. The average Bonchev–Trinajstić information content (AvgIpc) is 2.59. The first kappa shape index (κ1) is 13.9. The molecule has 1 fully saturated rings. The first-order valence-electron chi connectivity index (χ1n) is 6.29. The maximum absolute atomic E-state index is 12.3. The second-order valence-corrected chi connectivity index (χ2v) is 6.93. The standard InChI is InChI=1S/C13H18N2O3S/c1-14-12-5-3-11(4-6-12)13(16)15-7-2-9-19(17,18)10-8-15/h3-6,14H,2,7-10H2,1H3. The number of hydrogen-bond donors (Lipinski definition) is 1. The number of rotatable bonds is 2. The van der Waals surface area contributed by atoms with Crippen molar-refractivity contribution in [2.24, 2.45) is 0 Å². The lowest BCUT2D eigenvalue weighted by Crippen LogP contribution is -2.33. The molecule has 1 saturated heterocycles. The molecule has 0 spiro atoms. The molecule has 1 aromatic carbocycles. The summed E-state index contributed by atoms with van der Waals surface area (Å²) in [5.41, 5.74) is 1.54. The largest absolute Gasteiger partial charge is 0.388 e. The molecular formula is C13H18N2O3S. The summed E-state index contributed by atoms with van der Waals surface area (Å²) in [6, 6.07) is 7.19. The molecule has 0 aromatic heterocycles. The normalized spacial score (nSPS) is 18.7. The van der Waals surface area contributed by atoms with Gasteiger partial charge in [0.15, 0.2) is 9.84 Å². The number of benzene rings is 1. The van der Waals surface area contributed by atoms with Crippen molar-refractivity contribution in [2.45, 2.75) is 6.42 Å². The lowest BCUT2D eigenvalue weighted by molar-refractivity contribution is 0.0768. The molecule has 0 aliphatic carbocycles. The van der Waals surface area contributed by atoms with Crippen molar-refractivity contribution in [3.05, 3.63) is 29.8 Å². The average molecular weight is 282 g/mol. The van der Waals surface area contributed by atoms with Crippen LogP contribution in [0.1, 0.15) is 16.8 Å². The Morgan fingerprint density at radius 3 is 2.47 bits per heavy atom. The molecule has 2 rings (SSSR count). The van der Waals surface area contributed by atoms with Gasteiger partial charge in [0.05, 0.1) is 11.5 Å². The summed E-state index contributed by atoms with van der Waals surface area (Å²) in [6.07, 6.45) is 0.517. The lowest BCUT2D eigenvalue weighted by Gasteiger charge is -2.19. The van der Waals surface area contributed by atoms with Crippen molar-refractivity contribution >= 4 is 21.4 Å². The lowest BCUT2D eigenvalue weighted by atomic mass is 10.1. The number of nitrogens with zero attached hydrogens (tertiary/aromatic N) is 1. The molecule has 0 radical (unpaired) electrons. The third-order valence-corrected chi connectivity index (χ3v) is 4.98. The van der Waals surface area contributed by atoms with Crippen molar-refractivity contribution in [1.82, 2.24) is 4.90 Å². The van der Waals surface area contributed by atoms with E-state index in [0.717, 1.165) is 5.69 Å². The van der Waals surface area contributed by atoms with Crippen molar-refractivity contribution < 1.29 is 13.2 Å². The zero-order valence-electron chi connectivity index (χ0n) is 10.9. The minimum absolute atomic E-state index is 0.0628. The maximum atomic E-state index is 12.3. The van der Waals surface area contributed by atoms with Crippen LogP contribution in [0, 0.1) is 0 Å². The van der Waals surface area contributed by atoms with Gasteiger partial charge in [-0.15, -0.1) is 0 Å². The van der Waals surface area contributed by atoms with E-state index in [1.165, 1.54) is 0 Å². The third kappa shape index (κ3) is 3.47. The van der Waals surface area contributed by atoms with E-state index in [1.807, 2.05) is 19.2 Å². The zero-order valence-corrected chi connectivity index (χ0v) is 11.7. The number of hydrogen-bond acceptors (Lipinski definition) is 4. The van der Waals surface area contributed by atoms with E-state index in [2.05, 4.69) is 5.32 Å². The second kappa shape index (κ2) is 5.61. The monoisotopic (exact) mass is 282 g/mol. The molecule has 0 bridgehead atoms. The highest BCUT2D eigenvalue weighted by Crippen LogP contribution is 2.13. The number of nitrogens with one attached hydrogen (secondary N) is 1. The molecule has 104 valence electrons. The molecule has 1 aliphatic heterocycles. The van der Waals surface area contributed by atoms with Crippen LogP contribution in [-0.4, -0.2) is 50.9 Å². The van der Waals surface area contributed by atoms with Crippen molar-refractivity contribution in [3.63, 3.8) is 0 Å². The van der Waals surface area contributed by atoms with Gasteiger partial charge in [0.2, 0.25) is 0 Å². The molecule has 0 atom stereocenters. The van der Waals surface area contributed by atoms with Gasteiger partial charge in [-0.3, -0.25) is 4.79 Å². The summed E-state index contributed by atoms with van der Waals surface area (Å²) < 4.78 is 23.0. The van der Waals surface area contributed by atoms with Crippen LogP contribution >= 0.6 is 0 Å². The van der Waals surface area contributed by atoms with Crippen LogP contribution in [0.4, 0.5) is 5.69 Å². The summed E-state index contributed by atoms with van der Waals surface area (Å²) in [4.78, 5) is 13.9. The minimum atomic E-state index is -2.98. The maximum Gasteiger partial charge on any atom is 0.253 e. The summed E-state index contributed by atoms with van der Waals surface area (Å²) in [5, 5.41) is 2.99. The molecule has 6 heteroatoms. The van der Waals surface area contributed by atoms with Crippen LogP contribution in [0.2, 0.25) is 0 Å². The van der Waals surface area contributed by atoms with Gasteiger partial charge >= 0.3 is 0 Å². The van der Waals surface area contributed by atoms with Crippen LogP contribution in [0.3, 0.4) is 0 Å². The molecule has 5 nitrogen and oxygen atoms in total. The minimum Gasteiger partial charge on any atom is -0.388 e. The predicted molar refractivity (Wildman–Crippen MR) is 75.2 cm³/mol. The number of carbonyl (C=O) groups excluding carboxylic acids is 1. The molecule has 19 heavy (non-hydrogen) atoms. The van der Waals surface area contributed by atoms with Gasteiger partial charge in [0.25, 0.3) is 5.91 Å². The van der Waals surface area contributed by atoms with E-state index in [1.54, 1.807) is 17.0 Å². The quantitative estimate of drug-likeness (QED) is 0.878. The number of carbonyl (C=O) groups is 1. The molecule has 1 amide bonds. The van der Waals surface area contributed by atoms with Gasteiger partial charge in [-0.25, -0.2) is 8.42 Å². The third-order valence-electron chi connectivity index (χ3n) is 3.26. The van der Waals surface area contributed by atoms with Crippen LogP contribution in [0.5, 0.6) is 0 Å². The first-order chi connectivity index (χ1) is 9.02. The first-order valence-corrected chi connectivity index (χ1v) is 8.11. The highest BCUT2D eigenvalue weighted by Gasteiger charge is 2.23. The van der Waals surface area contributed by atoms with Gasteiger partial charge in [-0.2, -0.15) is 0 Å². The number of amides is 1. The van der Waals surface area contributed by atoms with Gasteiger partial charge in [-0.05, 0) is 30.7 Å². The van der Waals surface area contributed by atoms with Crippen molar-refractivity contribution in [2.75, 3.05) is 37.0 Å². The van der Waals surface area contributed by atoms with Crippen LogP contribution < -0.4 is 5.32 Å². The second-order valence-electron chi connectivity index (χ2n) is 4.62. The Balaban J connectivity index is 2.10. The molecule has 0 saturated carbocycles. The van der Waals surface area contributed by atoms with E-state index in [4.69, 9.17) is 0 Å². The summed E-state index contributed by atoms with van der Waals surface area (Å²) >= 11 is 0. The van der Waals surface area contributed by atoms with Crippen molar-refractivity contribution in [1.29, 1.82) is 0 Å². The smallest absolute Gasteiger partial charge is 0.253 e. The van der Waals surface area contributed by atoms with E-state index in [0.29, 0.717) is 18.5 Å². The van der Waals surface area contributed by atoms with Gasteiger partial charge in [-0.1, -0.05) is 0 Å². The summed E-state index contributed by atoms with van der Waals surface area (Å²) in [7, 11) is -1.17. The molecule has 1 aliphatic rings. The Hall–Kier alpha value is -1.56. The van der Waals surface area contributed by atoms with Crippen molar-refractivity contribution in [3.8, 4) is 0 Å². The molecule has 1 heterocycles. The van der Waals surface area contributed by atoms with Gasteiger partial charge < -0.3 is 10.2 Å². The Bertz CT molecular complexity index is 552. The topological polar surface area (TPSA) is 66.5 Å². The fourth-order valence-electron chi connectivity index (χ4n) is 2.10. The highest BCUT2D eigenvalue weighted by atomic mass is 32.2. The summed E-state index contributed by atoms with van der Waals surface area (Å²) in [6.45, 7) is 0.792. The Morgan fingerprint density at radius 1 is 1.16 bits per heavy atom. The van der Waals surface area contributed by atoms with E-state index >= 15 is 0 Å². The van der Waals surface area contributed by atoms with Crippen LogP contribution in [-0.2, 0) is 9.84 Å². The van der Waals surface area contributed by atoms with Gasteiger partial charge in [0, 0.05) is 31.4 Å². The zero-order chi connectivity index (χ0) is 13.9. The Labute approximate surface area is 113 Å². The Morgan fingerprint density at radius 2 is 1.84 bits per heavy atom. The molecule has 0 unspecified atom stereocenters.